The van der Waals surface area contributed by atoms with Crippen molar-refractivity contribution in [1.29, 1.82) is 0 Å². The molecular weight excluding hydrogens is 243 g/mol. The molecule has 0 aliphatic rings. The van der Waals surface area contributed by atoms with Crippen LogP contribution < -0.4 is 4.74 Å². The Morgan fingerprint density at radius 1 is 1.13 bits per heavy atom. The molecule has 0 aromatic heterocycles. The summed E-state index contributed by atoms with van der Waals surface area (Å²) in [6.45, 7) is -3.19. The Hall–Kier alpha value is -1.04. The first-order chi connectivity index (χ1) is 6.79. The zero-order valence-electron chi connectivity index (χ0n) is 6.99. The summed E-state index contributed by atoms with van der Waals surface area (Å²) in [4.78, 5) is 0. The summed E-state index contributed by atoms with van der Waals surface area (Å²) in [5.41, 5.74) is -1.13. The fourth-order valence-corrected chi connectivity index (χ4v) is 1.12. The fraction of sp³-hybridized carbons (Fsp3) is 0.250. The molecule has 0 N–H and O–H groups in total. The highest BCUT2D eigenvalue weighted by atomic mass is 35.5. The Morgan fingerprint density at radius 3 is 2.20 bits per heavy atom. The molecule has 1 rings (SSSR count). The molecule has 0 atom stereocenters. The molecule has 0 saturated carbocycles. The Balaban J connectivity index is 3.06. The van der Waals surface area contributed by atoms with Gasteiger partial charge < -0.3 is 4.74 Å². The number of alkyl halides is 5. The molecule has 1 aromatic carbocycles. The predicted molar refractivity (Wildman–Crippen MR) is 43.1 cm³/mol. The Bertz CT molecular complexity index is 349. The van der Waals surface area contributed by atoms with Crippen LogP contribution in [0.3, 0.4) is 0 Å². The van der Waals surface area contributed by atoms with Gasteiger partial charge in [-0.1, -0.05) is 11.6 Å². The van der Waals surface area contributed by atoms with E-state index in [2.05, 4.69) is 4.74 Å². The van der Waals surface area contributed by atoms with Crippen LogP contribution in [0.4, 0.5) is 22.0 Å². The topological polar surface area (TPSA) is 9.23 Å². The molecule has 0 amide bonds. The zero-order valence-corrected chi connectivity index (χ0v) is 7.74. The molecule has 0 saturated heterocycles. The van der Waals surface area contributed by atoms with Gasteiger partial charge in [-0.3, -0.25) is 0 Å². The highest BCUT2D eigenvalue weighted by molar-refractivity contribution is 6.30. The molecule has 0 bridgehead atoms. The van der Waals surface area contributed by atoms with E-state index in [1.165, 1.54) is 0 Å². The molecule has 0 heterocycles. The normalized spacial score (nSPS) is 11.9. The van der Waals surface area contributed by atoms with Gasteiger partial charge in [0.05, 0.1) is 5.56 Å². The van der Waals surface area contributed by atoms with Crippen LogP contribution in [0.25, 0.3) is 0 Å². The average Bonchev–Trinajstić information content (AvgIpc) is 1.99. The maximum Gasteiger partial charge on any atom is 0.416 e. The van der Waals surface area contributed by atoms with E-state index in [9.17, 15) is 22.0 Å². The monoisotopic (exact) mass is 246 g/mol. The second-order valence-electron chi connectivity index (χ2n) is 2.55. The summed E-state index contributed by atoms with van der Waals surface area (Å²) >= 11 is 5.31. The zero-order chi connectivity index (χ0) is 11.6. The quantitative estimate of drug-likeness (QED) is 0.718. The van der Waals surface area contributed by atoms with Gasteiger partial charge >= 0.3 is 12.8 Å². The summed E-state index contributed by atoms with van der Waals surface area (Å²) in [5, 5.41) is -0.319. The highest BCUT2D eigenvalue weighted by Crippen LogP contribution is 2.34. The van der Waals surface area contributed by atoms with Crippen molar-refractivity contribution in [3.8, 4) is 5.75 Å². The van der Waals surface area contributed by atoms with Gasteiger partial charge in [-0.05, 0) is 18.2 Å². The summed E-state index contributed by atoms with van der Waals surface area (Å²) in [6, 6.07) is 1.96. The van der Waals surface area contributed by atoms with Crippen molar-refractivity contribution in [1.82, 2.24) is 0 Å². The number of halogens is 6. The van der Waals surface area contributed by atoms with Crippen molar-refractivity contribution < 1.29 is 26.7 Å². The fourth-order valence-electron chi connectivity index (χ4n) is 0.897. The number of benzene rings is 1. The molecule has 0 unspecified atom stereocenters. The molecule has 7 heteroatoms. The third-order valence-electron chi connectivity index (χ3n) is 1.42. The van der Waals surface area contributed by atoms with Crippen LogP contribution in [-0.2, 0) is 6.18 Å². The first-order valence-corrected chi connectivity index (χ1v) is 3.99. The van der Waals surface area contributed by atoms with Crippen molar-refractivity contribution in [2.75, 3.05) is 0 Å². The van der Waals surface area contributed by atoms with Crippen molar-refractivity contribution in [2.45, 2.75) is 12.8 Å². The Labute approximate surface area is 86.4 Å². The second kappa shape index (κ2) is 4.22. The number of hydrogen-bond donors (Lipinski definition) is 0. The standard InChI is InChI=1S/C8H4ClF5O/c9-5-1-4(8(12,13)14)2-6(3-5)15-7(10)11/h1-3,7H. The molecule has 1 aromatic rings. The highest BCUT2D eigenvalue weighted by Gasteiger charge is 2.31. The smallest absolute Gasteiger partial charge is 0.416 e. The number of rotatable bonds is 2. The van der Waals surface area contributed by atoms with Gasteiger partial charge in [0.1, 0.15) is 5.75 Å². The van der Waals surface area contributed by atoms with Gasteiger partial charge in [-0.2, -0.15) is 22.0 Å². The molecule has 0 aliphatic carbocycles. The van der Waals surface area contributed by atoms with Gasteiger partial charge in [0.15, 0.2) is 0 Å². The SMILES string of the molecule is FC(F)Oc1cc(Cl)cc(C(F)(F)F)c1. The maximum atomic E-state index is 12.2. The minimum absolute atomic E-state index is 0.319. The van der Waals surface area contributed by atoms with E-state index in [0.29, 0.717) is 12.1 Å². The molecule has 84 valence electrons. The molecule has 0 radical (unpaired) electrons. The molecule has 15 heavy (non-hydrogen) atoms. The van der Waals surface area contributed by atoms with Gasteiger partial charge in [-0.15, -0.1) is 0 Å². The number of ether oxygens (including phenoxy) is 1. The van der Waals surface area contributed by atoms with E-state index in [1.807, 2.05) is 0 Å². The van der Waals surface area contributed by atoms with Gasteiger partial charge in [0.25, 0.3) is 0 Å². The van der Waals surface area contributed by atoms with Crippen LogP contribution in [0.15, 0.2) is 18.2 Å². The first-order valence-electron chi connectivity index (χ1n) is 3.61. The van der Waals surface area contributed by atoms with Crippen LogP contribution in [0, 0.1) is 0 Å². The average molecular weight is 247 g/mol. The largest absolute Gasteiger partial charge is 0.435 e. The minimum Gasteiger partial charge on any atom is -0.435 e. The summed E-state index contributed by atoms with van der Waals surface area (Å²) in [6.07, 6.45) is -4.65. The van der Waals surface area contributed by atoms with E-state index in [-0.39, 0.29) is 5.02 Å². The maximum absolute atomic E-state index is 12.2. The Morgan fingerprint density at radius 2 is 1.73 bits per heavy atom. The van der Waals surface area contributed by atoms with Gasteiger partial charge in [0.2, 0.25) is 0 Å². The van der Waals surface area contributed by atoms with Crippen molar-refractivity contribution in [3.63, 3.8) is 0 Å². The third-order valence-corrected chi connectivity index (χ3v) is 1.64. The van der Waals surface area contributed by atoms with Gasteiger partial charge in [0, 0.05) is 5.02 Å². The predicted octanol–water partition coefficient (Wildman–Crippen LogP) is 3.96. The van der Waals surface area contributed by atoms with Crippen molar-refractivity contribution in [2.24, 2.45) is 0 Å². The lowest BCUT2D eigenvalue weighted by Gasteiger charge is -2.10. The van der Waals surface area contributed by atoms with Crippen molar-refractivity contribution >= 4 is 11.6 Å². The number of hydrogen-bond acceptors (Lipinski definition) is 1. The van der Waals surface area contributed by atoms with Crippen LogP contribution in [0.2, 0.25) is 5.02 Å². The molecule has 0 aliphatic heterocycles. The molecule has 0 spiro atoms. The van der Waals surface area contributed by atoms with Crippen LogP contribution in [-0.4, -0.2) is 6.61 Å². The summed E-state index contributed by atoms with van der Waals surface area (Å²) in [7, 11) is 0. The lowest BCUT2D eigenvalue weighted by atomic mass is 10.2. The van der Waals surface area contributed by atoms with E-state index >= 15 is 0 Å². The van der Waals surface area contributed by atoms with E-state index in [0.717, 1.165) is 6.07 Å². The van der Waals surface area contributed by atoms with Crippen LogP contribution >= 0.6 is 11.6 Å². The lowest BCUT2D eigenvalue weighted by molar-refractivity contribution is -0.138. The first kappa shape index (κ1) is 12.0. The molecule has 1 nitrogen and oxygen atoms in total. The van der Waals surface area contributed by atoms with Crippen molar-refractivity contribution in [3.05, 3.63) is 28.8 Å². The van der Waals surface area contributed by atoms with Crippen LogP contribution in [0.1, 0.15) is 5.56 Å². The lowest BCUT2D eigenvalue weighted by Crippen LogP contribution is -2.07. The Kier molecular flexibility index (Phi) is 3.38. The molecule has 0 fully saturated rings. The van der Waals surface area contributed by atoms with E-state index in [1.54, 1.807) is 0 Å². The minimum atomic E-state index is -4.65. The summed E-state index contributed by atoms with van der Waals surface area (Å²) in [5.74, 6) is -0.621. The van der Waals surface area contributed by atoms with Gasteiger partial charge in [-0.25, -0.2) is 0 Å². The molecular formula is C8H4ClF5O. The third kappa shape index (κ3) is 3.54. The van der Waals surface area contributed by atoms with Crippen LogP contribution in [0.5, 0.6) is 5.75 Å². The van der Waals surface area contributed by atoms with E-state index < -0.39 is 24.1 Å². The summed E-state index contributed by atoms with van der Waals surface area (Å²) < 4.78 is 63.8. The van der Waals surface area contributed by atoms with E-state index in [4.69, 9.17) is 11.6 Å². The second-order valence-corrected chi connectivity index (χ2v) is 2.99.